The average molecular weight is 386 g/mol. The monoisotopic (exact) mass is 385 g/mol. The van der Waals surface area contributed by atoms with Gasteiger partial charge < -0.3 is 4.90 Å². The summed E-state index contributed by atoms with van der Waals surface area (Å²) in [5.74, 6) is -0.0109. The van der Waals surface area contributed by atoms with Crippen LogP contribution in [0.1, 0.15) is 23.3 Å². The van der Waals surface area contributed by atoms with E-state index in [1.807, 2.05) is 47.4 Å². The highest BCUT2D eigenvalue weighted by molar-refractivity contribution is 6.33. The van der Waals surface area contributed by atoms with Gasteiger partial charge in [-0.3, -0.25) is 4.79 Å². The highest BCUT2D eigenvalue weighted by Gasteiger charge is 2.25. The maximum absolute atomic E-state index is 13.0. The van der Waals surface area contributed by atoms with Crippen molar-refractivity contribution < 1.29 is 4.79 Å². The predicted octanol–water partition coefficient (Wildman–Crippen LogP) is 5.08. The van der Waals surface area contributed by atoms with E-state index in [0.717, 1.165) is 37.2 Å². The number of nitrogens with zero attached hydrogens (tertiary/aromatic N) is 3. The van der Waals surface area contributed by atoms with E-state index in [-0.39, 0.29) is 5.91 Å². The number of halogens is 2. The number of aromatic nitrogens is 2. The second-order valence-electron chi connectivity index (χ2n) is 6.28. The van der Waals surface area contributed by atoms with E-state index in [1.165, 1.54) is 0 Å². The first kappa shape index (κ1) is 17.1. The molecule has 1 amide bonds. The van der Waals surface area contributed by atoms with Crippen molar-refractivity contribution in [3.8, 4) is 16.9 Å². The first-order valence-electron chi connectivity index (χ1n) is 8.54. The van der Waals surface area contributed by atoms with Crippen molar-refractivity contribution in [3.05, 3.63) is 70.3 Å². The van der Waals surface area contributed by atoms with Crippen LogP contribution in [0.5, 0.6) is 0 Å². The number of rotatable bonds is 3. The van der Waals surface area contributed by atoms with Gasteiger partial charge in [-0.1, -0.05) is 41.4 Å². The Morgan fingerprint density at radius 3 is 2.35 bits per heavy atom. The molecule has 0 N–H and O–H groups in total. The number of hydrogen-bond donors (Lipinski definition) is 0. The largest absolute Gasteiger partial charge is 0.337 e. The molecule has 1 aliphatic rings. The first-order valence-corrected chi connectivity index (χ1v) is 9.29. The molecule has 4 nitrogen and oxygen atoms in total. The first-order chi connectivity index (χ1) is 12.6. The summed E-state index contributed by atoms with van der Waals surface area (Å²) >= 11 is 12.3. The third-order valence-corrected chi connectivity index (χ3v) is 5.12. The molecule has 0 spiro atoms. The fraction of sp³-hybridized carbons (Fsp3) is 0.200. The van der Waals surface area contributed by atoms with E-state index in [0.29, 0.717) is 21.4 Å². The highest BCUT2D eigenvalue weighted by Crippen LogP contribution is 2.29. The standard InChI is InChI=1S/C20H17Cl2N3O/c21-14-7-9-15(10-8-14)25-19(20(26)24-11-3-4-12-24)13-18(23-25)16-5-1-2-6-17(16)22/h1-2,5-10,13H,3-4,11-12H2. The van der Waals surface area contributed by atoms with Gasteiger partial charge >= 0.3 is 0 Å². The number of carbonyl (C=O) groups is 1. The minimum Gasteiger partial charge on any atom is -0.337 e. The van der Waals surface area contributed by atoms with Crippen LogP contribution >= 0.6 is 23.2 Å². The van der Waals surface area contributed by atoms with Crippen LogP contribution in [0.25, 0.3) is 16.9 Å². The van der Waals surface area contributed by atoms with E-state index in [1.54, 1.807) is 16.8 Å². The lowest BCUT2D eigenvalue weighted by Crippen LogP contribution is -2.29. The molecule has 26 heavy (non-hydrogen) atoms. The zero-order chi connectivity index (χ0) is 18.1. The molecular formula is C20H17Cl2N3O. The second-order valence-corrected chi connectivity index (χ2v) is 7.13. The molecule has 0 atom stereocenters. The van der Waals surface area contributed by atoms with Gasteiger partial charge in [-0.25, -0.2) is 4.68 Å². The number of carbonyl (C=O) groups excluding carboxylic acids is 1. The quantitative estimate of drug-likeness (QED) is 0.630. The molecule has 1 saturated heterocycles. The minimum absolute atomic E-state index is 0.0109. The number of benzene rings is 2. The lowest BCUT2D eigenvalue weighted by Gasteiger charge is -2.16. The van der Waals surface area contributed by atoms with Gasteiger partial charge in [0.25, 0.3) is 5.91 Å². The molecule has 2 aromatic carbocycles. The van der Waals surface area contributed by atoms with Gasteiger partial charge in [0, 0.05) is 23.7 Å². The SMILES string of the molecule is O=C(c1cc(-c2ccccc2Cl)nn1-c1ccc(Cl)cc1)N1CCCC1. The third kappa shape index (κ3) is 3.22. The van der Waals surface area contributed by atoms with Crippen molar-refractivity contribution in [2.24, 2.45) is 0 Å². The summed E-state index contributed by atoms with van der Waals surface area (Å²) < 4.78 is 1.68. The van der Waals surface area contributed by atoms with E-state index in [4.69, 9.17) is 23.2 Å². The van der Waals surface area contributed by atoms with Gasteiger partial charge in [0.1, 0.15) is 5.69 Å². The Kier molecular flexibility index (Phi) is 4.70. The molecule has 1 fully saturated rings. The molecule has 1 aliphatic heterocycles. The molecule has 0 bridgehead atoms. The van der Waals surface area contributed by atoms with Crippen molar-refractivity contribution >= 4 is 29.1 Å². The van der Waals surface area contributed by atoms with Crippen molar-refractivity contribution in [2.75, 3.05) is 13.1 Å². The zero-order valence-electron chi connectivity index (χ0n) is 14.0. The fourth-order valence-electron chi connectivity index (χ4n) is 3.20. The Balaban J connectivity index is 1.83. The molecule has 0 saturated carbocycles. The molecule has 4 rings (SSSR count). The van der Waals surface area contributed by atoms with Gasteiger partial charge in [-0.2, -0.15) is 5.10 Å². The summed E-state index contributed by atoms with van der Waals surface area (Å²) in [5, 5.41) is 5.92. The lowest BCUT2D eigenvalue weighted by atomic mass is 10.1. The molecule has 1 aromatic heterocycles. The maximum atomic E-state index is 13.0. The Morgan fingerprint density at radius 2 is 1.65 bits per heavy atom. The summed E-state index contributed by atoms with van der Waals surface area (Å²) in [5.41, 5.74) is 2.80. The third-order valence-electron chi connectivity index (χ3n) is 4.54. The average Bonchev–Trinajstić information content (AvgIpc) is 3.32. The van der Waals surface area contributed by atoms with Crippen LogP contribution in [0.2, 0.25) is 10.0 Å². The Bertz CT molecular complexity index is 944. The van der Waals surface area contributed by atoms with Crippen LogP contribution < -0.4 is 0 Å². The van der Waals surface area contributed by atoms with Crippen molar-refractivity contribution in [1.29, 1.82) is 0 Å². The van der Waals surface area contributed by atoms with Crippen LogP contribution in [0.15, 0.2) is 54.6 Å². The Morgan fingerprint density at radius 1 is 0.962 bits per heavy atom. The van der Waals surface area contributed by atoms with Crippen molar-refractivity contribution in [2.45, 2.75) is 12.8 Å². The number of hydrogen-bond acceptors (Lipinski definition) is 2. The molecule has 0 radical (unpaired) electrons. The minimum atomic E-state index is -0.0109. The van der Waals surface area contributed by atoms with E-state index < -0.39 is 0 Å². The zero-order valence-corrected chi connectivity index (χ0v) is 15.5. The fourth-order valence-corrected chi connectivity index (χ4v) is 3.55. The normalized spacial score (nSPS) is 14.0. The van der Waals surface area contributed by atoms with Crippen LogP contribution in [0.4, 0.5) is 0 Å². The van der Waals surface area contributed by atoms with Crippen molar-refractivity contribution in [1.82, 2.24) is 14.7 Å². The summed E-state index contributed by atoms with van der Waals surface area (Å²) in [6.07, 6.45) is 2.08. The van der Waals surface area contributed by atoms with Crippen LogP contribution in [-0.4, -0.2) is 33.7 Å². The highest BCUT2D eigenvalue weighted by atomic mass is 35.5. The van der Waals surface area contributed by atoms with E-state index in [9.17, 15) is 4.79 Å². The lowest BCUT2D eigenvalue weighted by molar-refractivity contribution is 0.0784. The van der Waals surface area contributed by atoms with E-state index in [2.05, 4.69) is 5.10 Å². The summed E-state index contributed by atoms with van der Waals surface area (Å²) in [6, 6.07) is 16.6. The van der Waals surface area contributed by atoms with Crippen molar-refractivity contribution in [3.63, 3.8) is 0 Å². The summed E-state index contributed by atoms with van der Waals surface area (Å²) in [7, 11) is 0. The molecule has 132 valence electrons. The van der Waals surface area contributed by atoms with Gasteiger partial charge in [0.15, 0.2) is 0 Å². The summed E-state index contributed by atoms with van der Waals surface area (Å²) in [6.45, 7) is 1.57. The number of likely N-dealkylation sites (tertiary alicyclic amines) is 1. The second kappa shape index (κ2) is 7.14. The molecule has 0 aliphatic carbocycles. The van der Waals surface area contributed by atoms with E-state index >= 15 is 0 Å². The van der Waals surface area contributed by atoms with Gasteiger partial charge in [0.05, 0.1) is 16.4 Å². The summed E-state index contributed by atoms with van der Waals surface area (Å²) in [4.78, 5) is 14.9. The molecular weight excluding hydrogens is 369 g/mol. The Labute approximate surface area is 161 Å². The molecule has 6 heteroatoms. The Hall–Kier alpha value is -2.30. The van der Waals surface area contributed by atoms with Crippen LogP contribution in [-0.2, 0) is 0 Å². The number of amides is 1. The van der Waals surface area contributed by atoms with Crippen LogP contribution in [0, 0.1) is 0 Å². The molecule has 0 unspecified atom stereocenters. The topological polar surface area (TPSA) is 38.1 Å². The van der Waals surface area contributed by atoms with Gasteiger partial charge in [-0.15, -0.1) is 0 Å². The smallest absolute Gasteiger partial charge is 0.272 e. The molecule has 3 aromatic rings. The maximum Gasteiger partial charge on any atom is 0.272 e. The van der Waals surface area contributed by atoms with Crippen LogP contribution in [0.3, 0.4) is 0 Å². The molecule has 2 heterocycles. The van der Waals surface area contributed by atoms with Gasteiger partial charge in [0.2, 0.25) is 0 Å². The predicted molar refractivity (Wildman–Crippen MR) is 104 cm³/mol. The van der Waals surface area contributed by atoms with Gasteiger partial charge in [-0.05, 0) is 49.2 Å².